The lowest BCUT2D eigenvalue weighted by atomic mass is 10.1. The predicted octanol–water partition coefficient (Wildman–Crippen LogP) is 2.39. The summed E-state index contributed by atoms with van der Waals surface area (Å²) >= 11 is 5.78. The molecule has 4 N–H and O–H groups in total. The highest BCUT2D eigenvalue weighted by atomic mass is 35.5. The molecule has 0 amide bonds. The Hall–Kier alpha value is -2.12. The molecule has 0 unspecified atom stereocenters. The zero-order valence-corrected chi connectivity index (χ0v) is 13.4. The van der Waals surface area contributed by atoms with Gasteiger partial charge < -0.3 is 21.3 Å². The van der Waals surface area contributed by atoms with Crippen LogP contribution < -0.4 is 21.3 Å². The van der Waals surface area contributed by atoms with Gasteiger partial charge in [0.15, 0.2) is 0 Å². The van der Waals surface area contributed by atoms with E-state index in [4.69, 9.17) is 17.3 Å². The van der Waals surface area contributed by atoms with Crippen molar-refractivity contribution >= 4 is 34.9 Å². The van der Waals surface area contributed by atoms with Gasteiger partial charge in [-0.05, 0) is 24.7 Å². The van der Waals surface area contributed by atoms with Crippen molar-refractivity contribution in [3.05, 3.63) is 35.1 Å². The number of aromatic nitrogens is 2. The molecule has 0 aliphatic carbocycles. The number of halogens is 2. The molecular formula is C15H18ClFN6. The smallest absolute Gasteiger partial charge is 0.223 e. The summed E-state index contributed by atoms with van der Waals surface area (Å²) in [5, 5.41) is 6.50. The fourth-order valence-electron chi connectivity index (χ4n) is 2.48. The van der Waals surface area contributed by atoms with Crippen LogP contribution in [0.3, 0.4) is 0 Å². The summed E-state index contributed by atoms with van der Waals surface area (Å²) in [4.78, 5) is 10.5. The van der Waals surface area contributed by atoms with E-state index in [9.17, 15) is 4.39 Å². The summed E-state index contributed by atoms with van der Waals surface area (Å²) < 4.78 is 13.2. The molecule has 0 bridgehead atoms. The quantitative estimate of drug-likeness (QED) is 0.778. The van der Waals surface area contributed by atoms with Gasteiger partial charge in [-0.25, -0.2) is 4.39 Å². The second-order valence-corrected chi connectivity index (χ2v) is 5.79. The second kappa shape index (κ2) is 6.55. The predicted molar refractivity (Wildman–Crippen MR) is 90.8 cm³/mol. The minimum absolute atomic E-state index is 0.0495. The average Bonchev–Trinajstić information content (AvgIpc) is 2.45. The molecule has 1 aliphatic rings. The molecule has 3 rings (SSSR count). The third-order valence-corrected chi connectivity index (χ3v) is 3.91. The zero-order chi connectivity index (χ0) is 16.4. The van der Waals surface area contributed by atoms with Crippen molar-refractivity contribution in [3.63, 3.8) is 0 Å². The van der Waals surface area contributed by atoms with Gasteiger partial charge in [0.1, 0.15) is 17.5 Å². The number of hydrogen-bond donors (Lipinski definition) is 3. The largest absolute Gasteiger partial charge is 0.368 e. The summed E-state index contributed by atoms with van der Waals surface area (Å²) in [6, 6.07) is 6.68. The number of hydrogen-bond acceptors (Lipinski definition) is 6. The number of nitrogen functional groups attached to an aromatic ring is 1. The Morgan fingerprint density at radius 2 is 2.13 bits per heavy atom. The molecule has 0 radical (unpaired) electrons. The molecule has 2 heterocycles. The SMILES string of the molecule is CCNC1CN(c2cc(Nc3ccc(F)c(Cl)c3)nc(N)n2)C1. The molecule has 0 saturated carbocycles. The van der Waals surface area contributed by atoms with Crippen LogP contribution in [0.15, 0.2) is 24.3 Å². The highest BCUT2D eigenvalue weighted by Crippen LogP contribution is 2.26. The number of rotatable bonds is 5. The number of benzene rings is 1. The minimum atomic E-state index is -0.463. The van der Waals surface area contributed by atoms with E-state index in [0.29, 0.717) is 17.5 Å². The summed E-state index contributed by atoms with van der Waals surface area (Å²) in [5.74, 6) is 1.03. The monoisotopic (exact) mass is 336 g/mol. The van der Waals surface area contributed by atoms with Gasteiger partial charge in [-0.3, -0.25) is 0 Å². The van der Waals surface area contributed by atoms with E-state index in [1.807, 2.05) is 6.07 Å². The topological polar surface area (TPSA) is 79.1 Å². The third kappa shape index (κ3) is 3.62. The zero-order valence-electron chi connectivity index (χ0n) is 12.7. The average molecular weight is 337 g/mol. The Balaban J connectivity index is 1.74. The summed E-state index contributed by atoms with van der Waals surface area (Å²) in [5.41, 5.74) is 6.42. The Bertz CT molecular complexity index is 704. The number of anilines is 4. The number of nitrogens with two attached hydrogens (primary N) is 1. The van der Waals surface area contributed by atoms with Gasteiger partial charge in [0, 0.05) is 30.9 Å². The van der Waals surface area contributed by atoms with Crippen LogP contribution in [0.1, 0.15) is 6.92 Å². The number of likely N-dealkylation sites (N-methyl/N-ethyl adjacent to an activating group) is 1. The molecule has 1 aromatic heterocycles. The molecule has 1 fully saturated rings. The number of nitrogens with one attached hydrogen (secondary N) is 2. The van der Waals surface area contributed by atoms with Gasteiger partial charge in [0.25, 0.3) is 0 Å². The van der Waals surface area contributed by atoms with Gasteiger partial charge in [-0.1, -0.05) is 18.5 Å². The fourth-order valence-corrected chi connectivity index (χ4v) is 2.66. The number of nitrogens with zero attached hydrogens (tertiary/aromatic N) is 3. The lowest BCUT2D eigenvalue weighted by Gasteiger charge is -2.40. The Labute approximate surface area is 138 Å². The minimum Gasteiger partial charge on any atom is -0.368 e. The van der Waals surface area contributed by atoms with E-state index in [2.05, 4.69) is 32.4 Å². The molecule has 0 spiro atoms. The molecule has 23 heavy (non-hydrogen) atoms. The van der Waals surface area contributed by atoms with Crippen molar-refractivity contribution in [2.75, 3.05) is 35.6 Å². The summed E-state index contributed by atoms with van der Waals surface area (Å²) in [7, 11) is 0. The molecule has 0 atom stereocenters. The lowest BCUT2D eigenvalue weighted by molar-refractivity contribution is 0.427. The molecule has 1 aliphatic heterocycles. The fraction of sp³-hybridized carbons (Fsp3) is 0.333. The van der Waals surface area contributed by atoms with Crippen molar-refractivity contribution in [3.8, 4) is 0 Å². The van der Waals surface area contributed by atoms with Crippen LogP contribution in [-0.4, -0.2) is 35.6 Å². The van der Waals surface area contributed by atoms with Crippen molar-refractivity contribution < 1.29 is 4.39 Å². The van der Waals surface area contributed by atoms with Gasteiger partial charge in [0.2, 0.25) is 5.95 Å². The molecule has 8 heteroatoms. The lowest BCUT2D eigenvalue weighted by Crippen LogP contribution is -2.58. The van der Waals surface area contributed by atoms with Gasteiger partial charge in [-0.2, -0.15) is 9.97 Å². The van der Waals surface area contributed by atoms with Crippen LogP contribution in [0.5, 0.6) is 0 Å². The van der Waals surface area contributed by atoms with Crippen LogP contribution in [-0.2, 0) is 0 Å². The first-order valence-electron chi connectivity index (χ1n) is 7.40. The molecule has 1 saturated heterocycles. The Kier molecular flexibility index (Phi) is 4.49. The maximum absolute atomic E-state index is 13.2. The van der Waals surface area contributed by atoms with Crippen molar-refractivity contribution in [2.24, 2.45) is 0 Å². The first-order valence-corrected chi connectivity index (χ1v) is 7.78. The first kappa shape index (κ1) is 15.8. The van der Waals surface area contributed by atoms with Crippen molar-refractivity contribution in [1.82, 2.24) is 15.3 Å². The van der Waals surface area contributed by atoms with Crippen LogP contribution in [0.4, 0.5) is 27.7 Å². The Morgan fingerprint density at radius 3 is 2.83 bits per heavy atom. The van der Waals surface area contributed by atoms with E-state index in [1.54, 1.807) is 6.07 Å². The summed E-state index contributed by atoms with van der Waals surface area (Å²) in [6.07, 6.45) is 0. The van der Waals surface area contributed by atoms with Crippen molar-refractivity contribution in [2.45, 2.75) is 13.0 Å². The van der Waals surface area contributed by atoms with E-state index in [0.717, 1.165) is 25.5 Å². The standard InChI is InChI=1S/C15H18ClFN6/c1-2-19-10-7-23(8-10)14-6-13(21-15(18)22-14)20-9-3-4-12(17)11(16)5-9/h3-6,10,19H,2,7-8H2,1H3,(H3,18,20,21,22). The maximum Gasteiger partial charge on any atom is 0.223 e. The third-order valence-electron chi connectivity index (χ3n) is 3.62. The molecular weight excluding hydrogens is 319 g/mol. The first-order chi connectivity index (χ1) is 11.0. The van der Waals surface area contributed by atoms with E-state index < -0.39 is 5.82 Å². The van der Waals surface area contributed by atoms with Crippen LogP contribution in [0, 0.1) is 5.82 Å². The van der Waals surface area contributed by atoms with Gasteiger partial charge >= 0.3 is 0 Å². The van der Waals surface area contributed by atoms with Crippen LogP contribution >= 0.6 is 11.6 Å². The second-order valence-electron chi connectivity index (χ2n) is 5.38. The molecule has 1 aromatic carbocycles. The Morgan fingerprint density at radius 1 is 1.35 bits per heavy atom. The van der Waals surface area contributed by atoms with Crippen molar-refractivity contribution in [1.29, 1.82) is 0 Å². The highest BCUT2D eigenvalue weighted by molar-refractivity contribution is 6.31. The van der Waals surface area contributed by atoms with Crippen LogP contribution in [0.2, 0.25) is 5.02 Å². The normalized spacial score (nSPS) is 14.7. The van der Waals surface area contributed by atoms with E-state index in [1.165, 1.54) is 12.1 Å². The van der Waals surface area contributed by atoms with E-state index in [-0.39, 0.29) is 11.0 Å². The molecule has 122 valence electrons. The van der Waals surface area contributed by atoms with Gasteiger partial charge in [0.05, 0.1) is 5.02 Å². The van der Waals surface area contributed by atoms with Gasteiger partial charge in [-0.15, -0.1) is 0 Å². The maximum atomic E-state index is 13.2. The molecule has 6 nitrogen and oxygen atoms in total. The highest BCUT2D eigenvalue weighted by Gasteiger charge is 2.27. The molecule has 2 aromatic rings. The summed E-state index contributed by atoms with van der Waals surface area (Å²) in [6.45, 7) is 4.79. The van der Waals surface area contributed by atoms with Crippen LogP contribution in [0.25, 0.3) is 0 Å². The van der Waals surface area contributed by atoms with E-state index >= 15 is 0 Å².